The van der Waals surface area contributed by atoms with E-state index in [1.807, 2.05) is 0 Å². The van der Waals surface area contributed by atoms with Crippen molar-refractivity contribution in [2.45, 2.75) is 18.0 Å². The first-order valence-corrected chi connectivity index (χ1v) is 12.0. The van der Waals surface area contributed by atoms with Crippen LogP contribution >= 0.6 is 11.6 Å². The van der Waals surface area contributed by atoms with Crippen molar-refractivity contribution in [2.24, 2.45) is 5.73 Å². The summed E-state index contributed by atoms with van der Waals surface area (Å²) in [5.74, 6) is -1.33. The van der Waals surface area contributed by atoms with Crippen molar-refractivity contribution in [2.75, 3.05) is 18.1 Å². The normalized spacial score (nSPS) is 13.5. The molecule has 3 N–H and O–H groups in total. The van der Waals surface area contributed by atoms with E-state index >= 15 is 0 Å². The molecule has 2 aromatic carbocycles. The fourth-order valence-corrected chi connectivity index (χ4v) is 4.39. The van der Waals surface area contributed by atoms with E-state index in [0.717, 1.165) is 6.26 Å². The van der Waals surface area contributed by atoms with Gasteiger partial charge in [-0.25, -0.2) is 17.6 Å². The predicted octanol–water partition coefficient (Wildman–Crippen LogP) is 2.89. The molecule has 4 rings (SSSR count). The molecule has 33 heavy (non-hydrogen) atoms. The molecule has 12 heteroatoms. The van der Waals surface area contributed by atoms with Crippen LogP contribution in [0.4, 0.5) is 14.9 Å². The first-order valence-electron chi connectivity index (χ1n) is 9.75. The summed E-state index contributed by atoms with van der Waals surface area (Å²) in [6, 6.07) is 9.35. The van der Waals surface area contributed by atoms with E-state index in [2.05, 4.69) is 10.4 Å². The number of nitrogens with two attached hydrogens (primary N) is 1. The molecule has 1 aliphatic heterocycles. The van der Waals surface area contributed by atoms with Gasteiger partial charge in [0.25, 0.3) is 5.91 Å². The van der Waals surface area contributed by atoms with Crippen LogP contribution in [0.2, 0.25) is 5.02 Å². The summed E-state index contributed by atoms with van der Waals surface area (Å²) in [7, 11) is -3.35. The van der Waals surface area contributed by atoms with Gasteiger partial charge in [0.15, 0.2) is 9.84 Å². The van der Waals surface area contributed by atoms with Crippen LogP contribution in [0, 0.1) is 5.82 Å². The van der Waals surface area contributed by atoms with Crippen LogP contribution in [0.5, 0.6) is 0 Å². The molecule has 0 fully saturated rings. The van der Waals surface area contributed by atoms with Gasteiger partial charge in [-0.3, -0.25) is 9.48 Å². The lowest BCUT2D eigenvalue weighted by Crippen LogP contribution is -2.41. The number of primary amides is 1. The van der Waals surface area contributed by atoms with Crippen molar-refractivity contribution in [1.29, 1.82) is 0 Å². The Labute approximate surface area is 193 Å². The van der Waals surface area contributed by atoms with Crippen LogP contribution in [0.25, 0.3) is 11.3 Å². The molecule has 172 valence electrons. The molecule has 0 aliphatic carbocycles. The molecular formula is C21H19ClFN5O4S. The van der Waals surface area contributed by atoms with E-state index in [1.54, 1.807) is 4.68 Å². The molecule has 0 saturated carbocycles. The molecule has 3 amide bonds. The highest BCUT2D eigenvalue weighted by Crippen LogP contribution is 2.30. The first-order chi connectivity index (χ1) is 15.5. The zero-order valence-corrected chi connectivity index (χ0v) is 19.0. The Morgan fingerprint density at radius 1 is 1.15 bits per heavy atom. The van der Waals surface area contributed by atoms with Gasteiger partial charge in [0.05, 0.1) is 34.3 Å². The molecule has 2 heterocycles. The Morgan fingerprint density at radius 2 is 1.85 bits per heavy atom. The van der Waals surface area contributed by atoms with Crippen LogP contribution in [-0.2, 0) is 22.9 Å². The third kappa shape index (κ3) is 4.55. The van der Waals surface area contributed by atoms with E-state index in [1.165, 1.54) is 47.4 Å². The van der Waals surface area contributed by atoms with Gasteiger partial charge < -0.3 is 16.0 Å². The molecule has 1 aromatic heterocycles. The second-order valence-corrected chi connectivity index (χ2v) is 9.96. The Balaban J connectivity index is 1.59. The summed E-state index contributed by atoms with van der Waals surface area (Å²) in [4.78, 5) is 26.7. The quantitative estimate of drug-likeness (QED) is 0.580. The Morgan fingerprint density at radius 3 is 2.45 bits per heavy atom. The van der Waals surface area contributed by atoms with Crippen molar-refractivity contribution in [3.05, 3.63) is 64.6 Å². The van der Waals surface area contributed by atoms with Gasteiger partial charge in [0.2, 0.25) is 0 Å². The molecule has 0 saturated heterocycles. The number of urea groups is 1. The molecule has 0 unspecified atom stereocenters. The number of carbonyl (C=O) groups excluding carboxylic acids is 2. The third-order valence-corrected chi connectivity index (χ3v) is 6.66. The maximum absolute atomic E-state index is 13.6. The molecular weight excluding hydrogens is 473 g/mol. The van der Waals surface area contributed by atoms with Crippen molar-refractivity contribution in [1.82, 2.24) is 14.7 Å². The Hall–Kier alpha value is -3.44. The molecule has 0 radical (unpaired) electrons. The predicted molar refractivity (Wildman–Crippen MR) is 120 cm³/mol. The number of nitrogens with zero attached hydrogens (tertiary/aromatic N) is 3. The van der Waals surface area contributed by atoms with Crippen LogP contribution in [0.15, 0.2) is 47.4 Å². The van der Waals surface area contributed by atoms with Crippen LogP contribution < -0.4 is 11.1 Å². The van der Waals surface area contributed by atoms with E-state index in [4.69, 9.17) is 17.3 Å². The summed E-state index contributed by atoms with van der Waals surface area (Å²) in [5.41, 5.74) is 7.31. The van der Waals surface area contributed by atoms with E-state index in [0.29, 0.717) is 30.0 Å². The molecule has 0 spiro atoms. The number of aromatic nitrogens is 2. The highest BCUT2D eigenvalue weighted by atomic mass is 35.5. The van der Waals surface area contributed by atoms with Gasteiger partial charge in [-0.15, -0.1) is 0 Å². The van der Waals surface area contributed by atoms with Gasteiger partial charge >= 0.3 is 6.03 Å². The smallest absolute Gasteiger partial charge is 0.322 e. The maximum atomic E-state index is 13.6. The topological polar surface area (TPSA) is 127 Å². The highest BCUT2D eigenvalue weighted by Gasteiger charge is 2.30. The van der Waals surface area contributed by atoms with Crippen molar-refractivity contribution in [3.63, 3.8) is 0 Å². The maximum Gasteiger partial charge on any atom is 0.322 e. The summed E-state index contributed by atoms with van der Waals surface area (Å²) < 4.78 is 38.3. The summed E-state index contributed by atoms with van der Waals surface area (Å²) >= 11 is 5.88. The Kier molecular flexibility index (Phi) is 5.85. The number of amides is 3. The average molecular weight is 492 g/mol. The van der Waals surface area contributed by atoms with E-state index in [-0.39, 0.29) is 27.7 Å². The van der Waals surface area contributed by atoms with Crippen molar-refractivity contribution >= 4 is 39.1 Å². The zero-order valence-electron chi connectivity index (χ0n) is 17.4. The molecule has 3 aromatic rings. The standard InChI is InChI=1S/C21H19ClFN5O4S/c1-33(31,32)14-5-3-13(4-6-14)25-21(30)27-8-9-28-17(11-27)18(20(24)29)19(26-28)12-2-7-16(23)15(22)10-12/h2-7,10H,8-9,11H2,1H3,(H2,24,29)(H,25,30). The molecule has 0 bridgehead atoms. The largest absolute Gasteiger partial charge is 0.365 e. The number of sulfone groups is 1. The lowest BCUT2D eigenvalue weighted by Gasteiger charge is -2.28. The fourth-order valence-electron chi connectivity index (χ4n) is 3.58. The summed E-state index contributed by atoms with van der Waals surface area (Å²) in [6.45, 7) is 0.683. The van der Waals surface area contributed by atoms with E-state index < -0.39 is 27.6 Å². The number of carbonyl (C=O) groups is 2. The Bertz CT molecular complexity index is 1370. The molecule has 1 aliphatic rings. The second-order valence-electron chi connectivity index (χ2n) is 7.53. The SMILES string of the molecule is CS(=O)(=O)c1ccc(NC(=O)N2CCn3nc(-c4ccc(F)c(Cl)c4)c(C(N)=O)c3C2)cc1. The van der Waals surface area contributed by atoms with Gasteiger partial charge in [-0.2, -0.15) is 5.10 Å². The van der Waals surface area contributed by atoms with Crippen LogP contribution in [0.1, 0.15) is 16.1 Å². The van der Waals surface area contributed by atoms with Crippen molar-refractivity contribution < 1.29 is 22.4 Å². The number of rotatable bonds is 4. The van der Waals surface area contributed by atoms with Crippen LogP contribution in [0.3, 0.4) is 0 Å². The van der Waals surface area contributed by atoms with Crippen LogP contribution in [-0.4, -0.2) is 47.8 Å². The minimum Gasteiger partial charge on any atom is -0.365 e. The van der Waals surface area contributed by atoms with Gasteiger partial charge in [-0.1, -0.05) is 11.6 Å². The fraction of sp³-hybridized carbons (Fsp3) is 0.190. The number of fused-ring (bicyclic) bond motifs is 1. The number of anilines is 1. The van der Waals surface area contributed by atoms with Gasteiger partial charge in [0.1, 0.15) is 11.5 Å². The van der Waals surface area contributed by atoms with Gasteiger partial charge in [0, 0.05) is 24.1 Å². The molecule has 9 nitrogen and oxygen atoms in total. The highest BCUT2D eigenvalue weighted by molar-refractivity contribution is 7.90. The number of hydrogen-bond acceptors (Lipinski definition) is 5. The van der Waals surface area contributed by atoms with E-state index in [9.17, 15) is 22.4 Å². The second kappa shape index (κ2) is 8.49. The average Bonchev–Trinajstić information content (AvgIpc) is 3.14. The zero-order chi connectivity index (χ0) is 23.9. The van der Waals surface area contributed by atoms with Gasteiger partial charge in [-0.05, 0) is 42.5 Å². The minimum absolute atomic E-state index is 0.0630. The monoisotopic (exact) mass is 491 g/mol. The minimum atomic E-state index is -3.35. The number of halogens is 2. The number of nitrogens with one attached hydrogen (secondary N) is 1. The first kappa shape index (κ1) is 22.7. The lowest BCUT2D eigenvalue weighted by atomic mass is 10.0. The van der Waals surface area contributed by atoms with Crippen molar-refractivity contribution in [3.8, 4) is 11.3 Å². The lowest BCUT2D eigenvalue weighted by molar-refractivity contribution is 0.0997. The number of hydrogen-bond donors (Lipinski definition) is 2. The third-order valence-electron chi connectivity index (χ3n) is 5.24. The molecule has 0 atom stereocenters. The summed E-state index contributed by atoms with van der Waals surface area (Å²) in [5, 5.41) is 7.04. The summed E-state index contributed by atoms with van der Waals surface area (Å²) in [6.07, 6.45) is 1.10. The number of benzene rings is 2.